The van der Waals surface area contributed by atoms with Gasteiger partial charge in [0.1, 0.15) is 10.8 Å². The van der Waals surface area contributed by atoms with E-state index >= 15 is 0 Å². The molecule has 4 aromatic rings. The van der Waals surface area contributed by atoms with Gasteiger partial charge < -0.3 is 5.32 Å². The average Bonchev–Trinajstić information content (AvgIpc) is 3.39. The minimum absolute atomic E-state index is 0.0805. The van der Waals surface area contributed by atoms with Crippen molar-refractivity contribution in [3.63, 3.8) is 0 Å². The Kier molecular flexibility index (Phi) is 5.04. The third-order valence-electron chi connectivity index (χ3n) is 4.05. The zero-order valence-corrected chi connectivity index (χ0v) is 15.7. The number of hydrogen-bond acceptors (Lipinski definition) is 5. The number of anilines is 1. The van der Waals surface area contributed by atoms with E-state index in [4.69, 9.17) is 0 Å². The van der Waals surface area contributed by atoms with Crippen LogP contribution in [0.5, 0.6) is 0 Å². The second kappa shape index (κ2) is 7.67. The summed E-state index contributed by atoms with van der Waals surface area (Å²) in [5.41, 5.74) is -1.24. The highest BCUT2D eigenvalue weighted by Crippen LogP contribution is 2.33. The minimum Gasteiger partial charge on any atom is -0.321 e. The molecule has 2 aromatic heterocycles. The molecule has 0 aliphatic heterocycles. The van der Waals surface area contributed by atoms with Crippen LogP contribution >= 0.6 is 11.3 Å². The van der Waals surface area contributed by atoms with E-state index in [1.54, 1.807) is 30.5 Å². The quantitative estimate of drug-likeness (QED) is 0.469. The van der Waals surface area contributed by atoms with Gasteiger partial charge >= 0.3 is 6.18 Å². The molecule has 0 aliphatic rings. The van der Waals surface area contributed by atoms with Crippen LogP contribution in [0.25, 0.3) is 16.3 Å². The molecule has 2 heterocycles. The summed E-state index contributed by atoms with van der Waals surface area (Å²) >= 11 is 1.43. The molecule has 0 fully saturated rings. The Morgan fingerprint density at radius 3 is 2.33 bits per heavy atom. The van der Waals surface area contributed by atoms with Crippen molar-refractivity contribution in [2.24, 2.45) is 0 Å². The second-order valence-corrected chi connectivity index (χ2v) is 6.94. The van der Waals surface area contributed by atoms with Crippen LogP contribution in [0, 0.1) is 5.82 Å². The van der Waals surface area contributed by atoms with Gasteiger partial charge in [-0.3, -0.25) is 4.79 Å². The Morgan fingerprint density at radius 1 is 1.03 bits per heavy atom. The summed E-state index contributed by atoms with van der Waals surface area (Å²) in [5, 5.41) is 11.8. The molecule has 0 saturated carbocycles. The molecule has 0 aliphatic carbocycles. The first kappa shape index (κ1) is 19.7. The molecule has 0 unspecified atom stereocenters. The Hall–Kier alpha value is -3.60. The predicted molar refractivity (Wildman–Crippen MR) is 102 cm³/mol. The number of aromatic nitrogens is 4. The predicted octanol–water partition coefficient (Wildman–Crippen LogP) is 4.80. The van der Waals surface area contributed by atoms with E-state index in [-0.39, 0.29) is 11.4 Å². The minimum atomic E-state index is -4.92. The van der Waals surface area contributed by atoms with E-state index in [2.05, 4.69) is 20.6 Å². The van der Waals surface area contributed by atoms with Crippen LogP contribution in [-0.4, -0.2) is 25.9 Å². The third kappa shape index (κ3) is 3.92. The van der Waals surface area contributed by atoms with E-state index < -0.39 is 29.3 Å². The highest BCUT2D eigenvalue weighted by atomic mass is 32.1. The van der Waals surface area contributed by atoms with E-state index in [0.29, 0.717) is 4.68 Å². The maximum atomic E-state index is 13.7. The van der Waals surface area contributed by atoms with Crippen LogP contribution in [0.2, 0.25) is 0 Å². The van der Waals surface area contributed by atoms with E-state index in [0.717, 1.165) is 34.8 Å². The Morgan fingerprint density at radius 2 is 1.73 bits per heavy atom. The molecule has 6 nitrogen and oxygen atoms in total. The van der Waals surface area contributed by atoms with Gasteiger partial charge in [-0.15, -0.1) is 16.4 Å². The molecule has 1 N–H and O–H groups in total. The van der Waals surface area contributed by atoms with E-state index in [9.17, 15) is 22.4 Å². The number of carbonyl (C=O) groups excluding carboxylic acids is 1. The van der Waals surface area contributed by atoms with Gasteiger partial charge in [0.05, 0.1) is 5.69 Å². The summed E-state index contributed by atoms with van der Waals surface area (Å²) < 4.78 is 54.5. The number of alkyl halides is 3. The van der Waals surface area contributed by atoms with Crippen molar-refractivity contribution in [1.29, 1.82) is 0 Å². The van der Waals surface area contributed by atoms with Crippen LogP contribution in [0.3, 0.4) is 0 Å². The zero-order chi connectivity index (χ0) is 21.3. The van der Waals surface area contributed by atoms with Gasteiger partial charge in [-0.05, 0) is 48.5 Å². The maximum Gasteiger partial charge on any atom is 0.435 e. The molecule has 11 heteroatoms. The molecular formula is C19H11F4N5OS. The van der Waals surface area contributed by atoms with Crippen molar-refractivity contribution >= 4 is 22.9 Å². The monoisotopic (exact) mass is 433 g/mol. The Labute approximate surface area is 170 Å². The lowest BCUT2D eigenvalue weighted by Gasteiger charge is -2.11. The van der Waals surface area contributed by atoms with Crippen molar-refractivity contribution in [2.45, 2.75) is 6.18 Å². The summed E-state index contributed by atoms with van der Waals surface area (Å²) in [7, 11) is 0. The number of hydrogen-bond donors (Lipinski definition) is 1. The zero-order valence-electron chi connectivity index (χ0n) is 14.9. The number of nitrogens with one attached hydrogen (secondary N) is 1. The normalized spacial score (nSPS) is 11.5. The second-order valence-electron chi connectivity index (χ2n) is 6.04. The first-order valence-corrected chi connectivity index (χ1v) is 9.31. The standard InChI is InChI=1S/C19H11F4N5OS/c20-12-3-7-14(8-4-12)28-16(19(21,22)23)15(26-27-28)17(29)25-13-5-1-11(2-6-13)18-24-9-10-30-18/h1-10H,(H,25,29). The molecule has 0 bridgehead atoms. The van der Waals surface area contributed by atoms with Gasteiger partial charge in [0.15, 0.2) is 11.4 Å². The first-order valence-electron chi connectivity index (χ1n) is 8.43. The number of halogens is 4. The van der Waals surface area contributed by atoms with Gasteiger partial charge in [0.2, 0.25) is 0 Å². The maximum absolute atomic E-state index is 13.7. The molecule has 1 amide bonds. The molecule has 0 radical (unpaired) electrons. The van der Waals surface area contributed by atoms with Crippen molar-refractivity contribution in [3.05, 3.63) is 77.3 Å². The van der Waals surface area contributed by atoms with Crippen molar-refractivity contribution in [1.82, 2.24) is 20.0 Å². The lowest BCUT2D eigenvalue weighted by molar-refractivity contribution is -0.143. The fraction of sp³-hybridized carbons (Fsp3) is 0.0526. The number of rotatable bonds is 4. The largest absolute Gasteiger partial charge is 0.435 e. The SMILES string of the molecule is O=C(Nc1ccc(-c2nccs2)cc1)c1nnn(-c2ccc(F)cc2)c1C(F)(F)F. The van der Waals surface area contributed by atoms with E-state index in [1.807, 2.05) is 5.38 Å². The van der Waals surface area contributed by atoms with E-state index in [1.165, 1.54) is 11.3 Å². The summed E-state index contributed by atoms with van der Waals surface area (Å²) in [5.74, 6) is -1.69. The fourth-order valence-electron chi connectivity index (χ4n) is 2.70. The molecule has 0 spiro atoms. The molecular weight excluding hydrogens is 422 g/mol. The van der Waals surface area contributed by atoms with Crippen LogP contribution in [0.1, 0.15) is 16.2 Å². The summed E-state index contributed by atoms with van der Waals surface area (Å²) in [6, 6.07) is 10.7. The topological polar surface area (TPSA) is 72.7 Å². The van der Waals surface area contributed by atoms with Gasteiger partial charge in [-0.2, -0.15) is 13.2 Å². The lowest BCUT2D eigenvalue weighted by Crippen LogP contribution is -2.21. The number of carbonyl (C=O) groups is 1. The van der Waals surface area contributed by atoms with Gasteiger partial charge in [-0.1, -0.05) is 5.21 Å². The molecule has 4 rings (SSSR count). The van der Waals surface area contributed by atoms with Crippen molar-refractivity contribution in [2.75, 3.05) is 5.32 Å². The van der Waals surface area contributed by atoms with Crippen LogP contribution in [0.15, 0.2) is 60.1 Å². The highest BCUT2D eigenvalue weighted by Gasteiger charge is 2.42. The molecule has 0 saturated heterocycles. The summed E-state index contributed by atoms with van der Waals surface area (Å²) in [6.45, 7) is 0. The number of nitrogens with zero attached hydrogens (tertiary/aromatic N) is 4. The summed E-state index contributed by atoms with van der Waals surface area (Å²) in [6.07, 6.45) is -3.27. The smallest absolute Gasteiger partial charge is 0.321 e. The van der Waals surface area contributed by atoms with Crippen LogP contribution in [0.4, 0.5) is 23.2 Å². The Bertz CT molecular complexity index is 1170. The van der Waals surface area contributed by atoms with Crippen molar-refractivity contribution < 1.29 is 22.4 Å². The fourth-order valence-corrected chi connectivity index (χ4v) is 3.35. The molecule has 0 atom stereocenters. The van der Waals surface area contributed by atoms with Gasteiger partial charge in [-0.25, -0.2) is 14.1 Å². The number of amides is 1. The average molecular weight is 433 g/mol. The van der Waals surface area contributed by atoms with Crippen molar-refractivity contribution in [3.8, 4) is 16.3 Å². The third-order valence-corrected chi connectivity index (χ3v) is 4.87. The van der Waals surface area contributed by atoms with Gasteiger partial charge in [0, 0.05) is 22.8 Å². The molecule has 2 aromatic carbocycles. The first-order chi connectivity index (χ1) is 14.3. The molecule has 30 heavy (non-hydrogen) atoms. The number of thiazole rings is 1. The van der Waals surface area contributed by atoms with Crippen LogP contribution < -0.4 is 5.32 Å². The molecule has 152 valence electrons. The van der Waals surface area contributed by atoms with Crippen LogP contribution in [-0.2, 0) is 6.18 Å². The lowest BCUT2D eigenvalue weighted by atomic mass is 10.2. The number of benzene rings is 2. The highest BCUT2D eigenvalue weighted by molar-refractivity contribution is 7.13. The van der Waals surface area contributed by atoms with Gasteiger partial charge in [0.25, 0.3) is 5.91 Å². The summed E-state index contributed by atoms with van der Waals surface area (Å²) in [4.78, 5) is 16.7. The Balaban J connectivity index is 1.63.